The van der Waals surface area contributed by atoms with Crippen LogP contribution in [0.2, 0.25) is 0 Å². The quantitative estimate of drug-likeness (QED) is 0.306. The highest BCUT2D eigenvalue weighted by atomic mass is 16.4. The van der Waals surface area contributed by atoms with Gasteiger partial charge in [-0.1, -0.05) is 12.1 Å². The van der Waals surface area contributed by atoms with Gasteiger partial charge >= 0.3 is 11.9 Å². The average Bonchev–Trinajstić information content (AvgIpc) is 3.06. The minimum Gasteiger partial charge on any atom is -0.481 e. The zero-order valence-corrected chi connectivity index (χ0v) is 18.2. The fraction of sp³-hybridized carbons (Fsp3) is 0.409. The fourth-order valence-electron chi connectivity index (χ4n) is 4.06. The van der Waals surface area contributed by atoms with Crippen molar-refractivity contribution in [2.24, 2.45) is 0 Å². The van der Waals surface area contributed by atoms with Gasteiger partial charge in [-0.2, -0.15) is 9.97 Å². The van der Waals surface area contributed by atoms with Crippen LogP contribution in [0, 0.1) is 0 Å². The van der Waals surface area contributed by atoms with Gasteiger partial charge in [-0.05, 0) is 50.3 Å². The number of aliphatic carboxylic acids is 2. The first kappa shape index (κ1) is 23.8. The van der Waals surface area contributed by atoms with E-state index in [9.17, 15) is 19.5 Å². The molecule has 1 amide bonds. The van der Waals surface area contributed by atoms with Crippen LogP contribution in [-0.4, -0.2) is 50.1 Å². The first-order valence-electron chi connectivity index (χ1n) is 10.7. The monoisotopic (exact) mass is 456 g/mol. The van der Waals surface area contributed by atoms with Crippen molar-refractivity contribution in [1.82, 2.24) is 15.3 Å². The second-order valence-corrected chi connectivity index (χ2v) is 8.15. The molecule has 0 bridgehead atoms. The molecule has 0 spiro atoms. The Morgan fingerprint density at radius 1 is 1.15 bits per heavy atom. The third kappa shape index (κ3) is 5.88. The zero-order chi connectivity index (χ0) is 24.1. The van der Waals surface area contributed by atoms with Crippen molar-refractivity contribution < 1.29 is 24.6 Å². The van der Waals surface area contributed by atoms with Crippen molar-refractivity contribution >= 4 is 35.4 Å². The second kappa shape index (κ2) is 10.2. The molecule has 0 radical (unpaired) electrons. The van der Waals surface area contributed by atoms with Gasteiger partial charge in [0.05, 0.1) is 0 Å². The third-order valence-corrected chi connectivity index (χ3v) is 5.78. The number of hydrogen-bond donors (Lipinski definition) is 6. The van der Waals surface area contributed by atoms with Crippen molar-refractivity contribution in [3.63, 3.8) is 0 Å². The van der Waals surface area contributed by atoms with E-state index in [4.69, 9.17) is 16.6 Å². The van der Waals surface area contributed by atoms with Crippen LogP contribution in [0.15, 0.2) is 24.3 Å². The Morgan fingerprint density at radius 2 is 1.85 bits per heavy atom. The lowest BCUT2D eigenvalue weighted by Gasteiger charge is -2.16. The number of aryl methyl sites for hydroxylation is 1. The molecule has 1 aromatic heterocycles. The molecule has 0 fully saturated rings. The van der Waals surface area contributed by atoms with E-state index in [1.54, 1.807) is 12.1 Å². The summed E-state index contributed by atoms with van der Waals surface area (Å²) in [5.74, 6) is -1.54. The van der Waals surface area contributed by atoms with Gasteiger partial charge in [-0.3, -0.25) is 9.59 Å². The van der Waals surface area contributed by atoms with Crippen molar-refractivity contribution in [2.45, 2.75) is 57.0 Å². The van der Waals surface area contributed by atoms with E-state index in [-0.39, 0.29) is 30.7 Å². The maximum absolute atomic E-state index is 12.4. The standard InChI is InChI=1S/C22H28N6O5/c1-11-14(17-18(23)27-22(24)28-19(17)25-11)4-2-3-12-5-7-13(8-6-12)20(31)26-15(21(32)33)9-10-16(29)30/h5-8,11,14-15H,2-4,9-10H2,1H3,(H,26,31)(H,29,30)(H,32,33)(H5,23,24,25,27,28)/t11?,14?,15-/m0/s1. The summed E-state index contributed by atoms with van der Waals surface area (Å²) in [5.41, 5.74) is 14.0. The van der Waals surface area contributed by atoms with Crippen LogP contribution in [0.4, 0.5) is 17.6 Å². The predicted octanol–water partition coefficient (Wildman–Crippen LogP) is 1.61. The van der Waals surface area contributed by atoms with Crippen LogP contribution in [0.25, 0.3) is 0 Å². The second-order valence-electron chi connectivity index (χ2n) is 8.15. The first-order chi connectivity index (χ1) is 15.7. The number of carbonyl (C=O) groups is 3. The van der Waals surface area contributed by atoms with E-state index in [0.29, 0.717) is 17.2 Å². The highest BCUT2D eigenvalue weighted by molar-refractivity contribution is 5.96. The van der Waals surface area contributed by atoms with Crippen LogP contribution in [0.5, 0.6) is 0 Å². The topological polar surface area (TPSA) is 194 Å². The van der Waals surface area contributed by atoms with Gasteiger partial charge in [-0.15, -0.1) is 0 Å². The van der Waals surface area contributed by atoms with Gasteiger partial charge in [0.2, 0.25) is 5.95 Å². The molecule has 3 rings (SSSR count). The summed E-state index contributed by atoms with van der Waals surface area (Å²) in [5, 5.41) is 23.6. The van der Waals surface area contributed by atoms with Gasteiger partial charge < -0.3 is 32.3 Å². The number of aromatic nitrogens is 2. The fourth-order valence-corrected chi connectivity index (χ4v) is 4.06. The molecule has 3 atom stereocenters. The number of nitrogens with one attached hydrogen (secondary N) is 2. The van der Waals surface area contributed by atoms with E-state index >= 15 is 0 Å². The molecule has 0 aliphatic carbocycles. The van der Waals surface area contributed by atoms with Gasteiger partial charge in [0.25, 0.3) is 5.91 Å². The molecule has 0 saturated carbocycles. The van der Waals surface area contributed by atoms with Gasteiger partial charge in [0, 0.05) is 29.5 Å². The molecule has 33 heavy (non-hydrogen) atoms. The summed E-state index contributed by atoms with van der Waals surface area (Å²) in [6, 6.07) is 5.81. The van der Waals surface area contributed by atoms with Gasteiger partial charge in [0.15, 0.2) is 0 Å². The lowest BCUT2D eigenvalue weighted by atomic mass is 9.90. The summed E-state index contributed by atoms with van der Waals surface area (Å²) in [7, 11) is 0. The maximum Gasteiger partial charge on any atom is 0.326 e. The Bertz CT molecular complexity index is 1040. The molecule has 11 nitrogen and oxygen atoms in total. The van der Waals surface area contributed by atoms with Crippen LogP contribution >= 0.6 is 0 Å². The molecule has 176 valence electrons. The molecular weight excluding hydrogens is 428 g/mol. The summed E-state index contributed by atoms with van der Waals surface area (Å²) < 4.78 is 0. The number of rotatable bonds is 10. The maximum atomic E-state index is 12.4. The Kier molecular flexibility index (Phi) is 7.31. The molecule has 11 heteroatoms. The largest absolute Gasteiger partial charge is 0.481 e. The van der Waals surface area contributed by atoms with Crippen molar-refractivity contribution in [3.8, 4) is 0 Å². The van der Waals surface area contributed by atoms with E-state index in [1.165, 1.54) is 0 Å². The number of anilines is 3. The molecule has 1 aromatic carbocycles. The molecule has 1 aliphatic heterocycles. The average molecular weight is 457 g/mol. The van der Waals surface area contributed by atoms with Gasteiger partial charge in [-0.25, -0.2) is 4.79 Å². The minimum atomic E-state index is -1.27. The van der Waals surface area contributed by atoms with Crippen molar-refractivity contribution in [2.75, 3.05) is 16.8 Å². The zero-order valence-electron chi connectivity index (χ0n) is 18.2. The lowest BCUT2D eigenvalue weighted by molar-refractivity contribution is -0.140. The number of carbonyl (C=O) groups excluding carboxylic acids is 1. The molecule has 2 heterocycles. The number of nitrogen functional groups attached to an aromatic ring is 2. The van der Waals surface area contributed by atoms with E-state index in [0.717, 1.165) is 30.4 Å². The lowest BCUT2D eigenvalue weighted by Crippen LogP contribution is -2.41. The van der Waals surface area contributed by atoms with Crippen LogP contribution in [-0.2, 0) is 16.0 Å². The number of carboxylic acid groups (broad SMARTS) is 2. The van der Waals surface area contributed by atoms with Gasteiger partial charge in [0.1, 0.15) is 17.7 Å². The predicted molar refractivity (Wildman–Crippen MR) is 122 cm³/mol. The highest BCUT2D eigenvalue weighted by Gasteiger charge is 2.32. The van der Waals surface area contributed by atoms with E-state index < -0.39 is 23.9 Å². The number of fused-ring (bicyclic) bond motifs is 1. The molecule has 2 unspecified atom stereocenters. The number of carboxylic acids is 2. The van der Waals surface area contributed by atoms with Crippen molar-refractivity contribution in [1.29, 1.82) is 0 Å². The Morgan fingerprint density at radius 3 is 2.48 bits per heavy atom. The number of hydrogen-bond acceptors (Lipinski definition) is 8. The first-order valence-corrected chi connectivity index (χ1v) is 10.7. The minimum absolute atomic E-state index is 0.146. The van der Waals surface area contributed by atoms with E-state index in [2.05, 4.69) is 27.5 Å². The molecule has 8 N–H and O–H groups in total. The molecule has 1 aliphatic rings. The van der Waals surface area contributed by atoms with Crippen LogP contribution in [0.3, 0.4) is 0 Å². The Balaban J connectivity index is 1.55. The smallest absolute Gasteiger partial charge is 0.326 e. The number of nitrogens with zero attached hydrogens (tertiary/aromatic N) is 2. The van der Waals surface area contributed by atoms with Crippen LogP contribution < -0.4 is 22.1 Å². The third-order valence-electron chi connectivity index (χ3n) is 5.78. The van der Waals surface area contributed by atoms with Crippen LogP contribution in [0.1, 0.15) is 60.0 Å². The summed E-state index contributed by atoms with van der Waals surface area (Å²) in [6.07, 6.45) is 1.99. The molecular formula is C22H28N6O5. The van der Waals surface area contributed by atoms with Crippen molar-refractivity contribution in [3.05, 3.63) is 41.0 Å². The summed E-state index contributed by atoms with van der Waals surface area (Å²) in [4.78, 5) is 42.6. The van der Waals surface area contributed by atoms with E-state index in [1.807, 2.05) is 12.1 Å². The normalized spacial score (nSPS) is 17.6. The highest BCUT2D eigenvalue weighted by Crippen LogP contribution is 2.40. The molecule has 2 aromatic rings. The SMILES string of the molecule is CC1Nc2nc(N)nc(N)c2C1CCCc1ccc(C(=O)N[C@@H](CCC(=O)O)C(=O)O)cc1. The Labute approximate surface area is 190 Å². The Hall–Kier alpha value is -3.89. The molecule has 0 saturated heterocycles. The summed E-state index contributed by atoms with van der Waals surface area (Å²) in [6.45, 7) is 2.07. The summed E-state index contributed by atoms with van der Waals surface area (Å²) >= 11 is 0. The number of amides is 1. The number of nitrogens with two attached hydrogens (primary N) is 2. The number of benzene rings is 1.